The Morgan fingerprint density at radius 3 is 2.50 bits per heavy atom. The summed E-state index contributed by atoms with van der Waals surface area (Å²) in [6.45, 7) is 4.06. The molecule has 1 saturated carbocycles. The number of hydrogen-bond acceptors (Lipinski definition) is 4. The fourth-order valence-corrected chi connectivity index (χ4v) is 3.09. The Balaban J connectivity index is 2.21. The van der Waals surface area contributed by atoms with E-state index in [-0.39, 0.29) is 27.9 Å². The number of carbonyl (C=O) groups is 1. The van der Waals surface area contributed by atoms with Gasteiger partial charge in [0.1, 0.15) is 10.6 Å². The van der Waals surface area contributed by atoms with Crippen LogP contribution in [0.1, 0.15) is 20.3 Å². The number of amides is 1. The topological polar surface area (TPSA) is 72.5 Å². The Bertz CT molecular complexity index is 654. The summed E-state index contributed by atoms with van der Waals surface area (Å²) in [6, 6.07) is 4.25. The van der Waals surface area contributed by atoms with Crippen molar-refractivity contribution in [1.82, 2.24) is 0 Å². The van der Waals surface area contributed by atoms with Gasteiger partial charge in [-0.05, 0) is 24.0 Å². The molecule has 1 N–H and O–H groups in total. The number of rotatable bonds is 4. The number of ether oxygens (including phenoxy) is 1. The number of halogens is 1. The van der Waals surface area contributed by atoms with E-state index in [9.17, 15) is 13.2 Å². The van der Waals surface area contributed by atoms with Crippen molar-refractivity contribution in [1.29, 1.82) is 0 Å². The van der Waals surface area contributed by atoms with Gasteiger partial charge >= 0.3 is 0 Å². The van der Waals surface area contributed by atoms with Gasteiger partial charge in [-0.3, -0.25) is 4.79 Å². The number of benzene rings is 1. The van der Waals surface area contributed by atoms with Crippen LogP contribution < -0.4 is 10.1 Å². The first-order chi connectivity index (χ1) is 9.15. The SMILES string of the molecule is COc1cc(NC(=O)C2CC2(C)C)ccc1S(=O)(=O)Cl. The highest BCUT2D eigenvalue weighted by molar-refractivity contribution is 8.13. The molecule has 2 rings (SSSR count). The second kappa shape index (κ2) is 4.93. The van der Waals surface area contributed by atoms with Crippen LogP contribution in [-0.2, 0) is 13.8 Å². The maximum Gasteiger partial charge on any atom is 0.264 e. The molecule has 0 aromatic heterocycles. The molecule has 7 heteroatoms. The van der Waals surface area contributed by atoms with Gasteiger partial charge in [-0.25, -0.2) is 8.42 Å². The molecule has 1 aliphatic carbocycles. The molecule has 5 nitrogen and oxygen atoms in total. The van der Waals surface area contributed by atoms with Crippen LogP contribution in [0.25, 0.3) is 0 Å². The van der Waals surface area contributed by atoms with Gasteiger partial charge in [0, 0.05) is 28.4 Å². The average Bonchev–Trinajstić information content (AvgIpc) is 2.97. The predicted molar refractivity (Wildman–Crippen MR) is 76.6 cm³/mol. The lowest BCUT2D eigenvalue weighted by atomic mass is 10.1. The van der Waals surface area contributed by atoms with Crippen molar-refractivity contribution in [3.05, 3.63) is 18.2 Å². The summed E-state index contributed by atoms with van der Waals surface area (Å²) < 4.78 is 27.7. The van der Waals surface area contributed by atoms with Gasteiger partial charge in [0.05, 0.1) is 7.11 Å². The quantitative estimate of drug-likeness (QED) is 0.866. The van der Waals surface area contributed by atoms with Crippen molar-refractivity contribution < 1.29 is 17.9 Å². The highest BCUT2D eigenvalue weighted by Crippen LogP contribution is 2.52. The van der Waals surface area contributed by atoms with E-state index in [0.717, 1.165) is 6.42 Å². The van der Waals surface area contributed by atoms with Crippen molar-refractivity contribution in [2.45, 2.75) is 25.2 Å². The molecule has 20 heavy (non-hydrogen) atoms. The van der Waals surface area contributed by atoms with E-state index in [4.69, 9.17) is 15.4 Å². The van der Waals surface area contributed by atoms with Crippen molar-refractivity contribution >= 4 is 31.3 Å². The minimum Gasteiger partial charge on any atom is -0.495 e. The largest absolute Gasteiger partial charge is 0.495 e. The average molecular weight is 318 g/mol. The van der Waals surface area contributed by atoms with Crippen LogP contribution in [0, 0.1) is 11.3 Å². The second-order valence-electron chi connectivity index (χ2n) is 5.54. The zero-order valence-corrected chi connectivity index (χ0v) is 13.0. The fourth-order valence-electron chi connectivity index (χ4n) is 2.09. The summed E-state index contributed by atoms with van der Waals surface area (Å²) in [4.78, 5) is 11.9. The Morgan fingerprint density at radius 2 is 2.05 bits per heavy atom. The van der Waals surface area contributed by atoms with E-state index in [2.05, 4.69) is 5.32 Å². The Morgan fingerprint density at radius 1 is 1.45 bits per heavy atom. The third-order valence-electron chi connectivity index (χ3n) is 3.52. The lowest BCUT2D eigenvalue weighted by Gasteiger charge is -2.10. The van der Waals surface area contributed by atoms with Crippen LogP contribution in [0.4, 0.5) is 5.69 Å². The monoisotopic (exact) mass is 317 g/mol. The molecule has 1 aromatic rings. The van der Waals surface area contributed by atoms with Crippen LogP contribution >= 0.6 is 10.7 Å². The summed E-state index contributed by atoms with van der Waals surface area (Å²) >= 11 is 0. The molecule has 0 radical (unpaired) electrons. The van der Waals surface area contributed by atoms with Crippen molar-refractivity contribution in [2.75, 3.05) is 12.4 Å². The molecular formula is C13H16ClNO4S. The maximum absolute atomic E-state index is 12.0. The summed E-state index contributed by atoms with van der Waals surface area (Å²) in [5.41, 5.74) is 0.520. The van der Waals surface area contributed by atoms with Crippen LogP contribution in [0.15, 0.2) is 23.1 Å². The molecule has 1 fully saturated rings. The fraction of sp³-hybridized carbons (Fsp3) is 0.462. The van der Waals surface area contributed by atoms with Crippen molar-refractivity contribution in [2.24, 2.45) is 11.3 Å². The Hall–Kier alpha value is -1.27. The highest BCUT2D eigenvalue weighted by atomic mass is 35.7. The standard InChI is InChI=1S/C13H16ClNO4S/c1-13(2)7-9(13)12(16)15-8-4-5-11(20(14,17)18)10(6-8)19-3/h4-6,9H,7H2,1-3H3,(H,15,16). The van der Waals surface area contributed by atoms with E-state index < -0.39 is 9.05 Å². The minimum absolute atomic E-state index is 0.00932. The van der Waals surface area contributed by atoms with Gasteiger partial charge < -0.3 is 10.1 Å². The van der Waals surface area contributed by atoms with Gasteiger partial charge in [-0.1, -0.05) is 13.8 Å². The number of carbonyl (C=O) groups excluding carboxylic acids is 1. The Labute approximate surface area is 122 Å². The lowest BCUT2D eigenvalue weighted by molar-refractivity contribution is -0.118. The zero-order valence-electron chi connectivity index (χ0n) is 11.4. The van der Waals surface area contributed by atoms with E-state index in [0.29, 0.717) is 5.69 Å². The molecule has 0 saturated heterocycles. The van der Waals surface area contributed by atoms with Crippen LogP contribution in [0.2, 0.25) is 0 Å². The molecule has 1 unspecified atom stereocenters. The normalized spacial score (nSPS) is 20.3. The molecule has 1 atom stereocenters. The van der Waals surface area contributed by atoms with E-state index >= 15 is 0 Å². The van der Waals surface area contributed by atoms with Gasteiger partial charge in [0.15, 0.2) is 0 Å². The van der Waals surface area contributed by atoms with Crippen molar-refractivity contribution in [3.8, 4) is 5.75 Å². The van der Waals surface area contributed by atoms with Crippen LogP contribution in [-0.4, -0.2) is 21.4 Å². The molecule has 0 heterocycles. The number of methoxy groups -OCH3 is 1. The summed E-state index contributed by atoms with van der Waals surface area (Å²) in [7, 11) is 2.77. The number of hydrogen-bond donors (Lipinski definition) is 1. The van der Waals surface area contributed by atoms with Gasteiger partial charge in [0.25, 0.3) is 9.05 Å². The van der Waals surface area contributed by atoms with Crippen LogP contribution in [0.3, 0.4) is 0 Å². The van der Waals surface area contributed by atoms with Crippen molar-refractivity contribution in [3.63, 3.8) is 0 Å². The molecule has 1 amide bonds. The molecule has 0 bridgehead atoms. The Kier molecular flexibility index (Phi) is 3.73. The first kappa shape index (κ1) is 15.1. The molecule has 110 valence electrons. The maximum atomic E-state index is 12.0. The molecule has 1 aliphatic rings. The number of anilines is 1. The molecular weight excluding hydrogens is 302 g/mol. The van der Waals surface area contributed by atoms with Gasteiger partial charge in [-0.15, -0.1) is 0 Å². The third kappa shape index (κ3) is 3.07. The highest BCUT2D eigenvalue weighted by Gasteiger charge is 2.50. The second-order valence-corrected chi connectivity index (χ2v) is 8.07. The lowest BCUT2D eigenvalue weighted by Crippen LogP contribution is -2.16. The molecule has 0 aliphatic heterocycles. The zero-order chi connectivity index (χ0) is 15.1. The first-order valence-corrected chi connectivity index (χ1v) is 8.39. The van der Waals surface area contributed by atoms with E-state index in [1.165, 1.54) is 25.3 Å². The predicted octanol–water partition coefficient (Wildman–Crippen LogP) is 2.61. The molecule has 1 aromatic carbocycles. The molecule has 0 spiro atoms. The third-order valence-corrected chi connectivity index (χ3v) is 4.89. The summed E-state index contributed by atoms with van der Waals surface area (Å²) in [5.74, 6) is 0.0244. The van der Waals surface area contributed by atoms with E-state index in [1.807, 2.05) is 13.8 Å². The number of nitrogens with one attached hydrogen (secondary N) is 1. The van der Waals surface area contributed by atoms with E-state index in [1.54, 1.807) is 0 Å². The van der Waals surface area contributed by atoms with Gasteiger partial charge in [-0.2, -0.15) is 0 Å². The van der Waals surface area contributed by atoms with Crippen LogP contribution in [0.5, 0.6) is 5.75 Å². The first-order valence-electron chi connectivity index (χ1n) is 6.09. The summed E-state index contributed by atoms with van der Waals surface area (Å²) in [5, 5.41) is 2.76. The van der Waals surface area contributed by atoms with Gasteiger partial charge in [0.2, 0.25) is 5.91 Å². The minimum atomic E-state index is -3.88. The summed E-state index contributed by atoms with van der Waals surface area (Å²) in [6.07, 6.45) is 0.851. The smallest absolute Gasteiger partial charge is 0.264 e.